The van der Waals surface area contributed by atoms with Gasteiger partial charge in [0.1, 0.15) is 6.61 Å². The molecule has 2 aromatic carbocycles. The molecule has 0 bridgehead atoms. The van der Waals surface area contributed by atoms with Crippen LogP contribution >= 0.6 is 0 Å². The third-order valence-electron chi connectivity index (χ3n) is 2.91. The van der Waals surface area contributed by atoms with Gasteiger partial charge in [0.2, 0.25) is 0 Å². The van der Waals surface area contributed by atoms with Gasteiger partial charge >= 0.3 is 6.18 Å². The predicted molar refractivity (Wildman–Crippen MR) is 80.4 cm³/mol. The van der Waals surface area contributed by atoms with E-state index >= 15 is 0 Å². The highest BCUT2D eigenvalue weighted by Gasteiger charge is 2.30. The fourth-order valence-electron chi connectivity index (χ4n) is 1.82. The van der Waals surface area contributed by atoms with Crippen molar-refractivity contribution in [3.63, 3.8) is 0 Å². The minimum atomic E-state index is -4.37. The van der Waals surface area contributed by atoms with E-state index in [0.29, 0.717) is 5.56 Å². The normalized spacial score (nSPS) is 11.6. The van der Waals surface area contributed by atoms with Gasteiger partial charge in [-0.3, -0.25) is 0 Å². The van der Waals surface area contributed by atoms with Gasteiger partial charge in [0.15, 0.2) is 0 Å². The summed E-state index contributed by atoms with van der Waals surface area (Å²) < 4.78 is 37.7. The molecule has 2 nitrogen and oxygen atoms in total. The van der Waals surface area contributed by atoms with Crippen LogP contribution in [0.25, 0.3) is 6.08 Å². The molecule has 114 valence electrons. The van der Waals surface area contributed by atoms with Gasteiger partial charge in [0.05, 0.1) is 11.8 Å². The average Bonchev–Trinajstić information content (AvgIpc) is 2.51. The van der Waals surface area contributed by atoms with Gasteiger partial charge in [-0.1, -0.05) is 48.1 Å². The van der Waals surface area contributed by atoms with Gasteiger partial charge in [0.25, 0.3) is 0 Å². The molecule has 0 aliphatic heterocycles. The maximum absolute atomic E-state index is 12.6. The molecule has 2 rings (SSSR count). The van der Waals surface area contributed by atoms with Crippen LogP contribution in [0.15, 0.2) is 60.3 Å². The zero-order valence-electron chi connectivity index (χ0n) is 11.7. The van der Waals surface area contributed by atoms with E-state index in [9.17, 15) is 13.2 Å². The van der Waals surface area contributed by atoms with Crippen LogP contribution in [0.1, 0.15) is 22.3 Å². The van der Waals surface area contributed by atoms with Gasteiger partial charge in [-0.25, -0.2) is 0 Å². The molecule has 0 heterocycles. The molecular weight excluding hydrogens is 291 g/mol. The SMILES string of the molecule is C=Cc1cccc(CON=Cc2cccc(C(F)(F)F)c2)c1. The van der Waals surface area contributed by atoms with E-state index in [-0.39, 0.29) is 6.61 Å². The van der Waals surface area contributed by atoms with Crippen LogP contribution in [0.2, 0.25) is 0 Å². The van der Waals surface area contributed by atoms with Crippen molar-refractivity contribution in [2.24, 2.45) is 5.16 Å². The third kappa shape index (κ3) is 4.48. The largest absolute Gasteiger partial charge is 0.416 e. The summed E-state index contributed by atoms with van der Waals surface area (Å²) in [6.07, 6.45) is -1.39. The molecule has 0 atom stereocenters. The molecule has 0 radical (unpaired) electrons. The molecule has 22 heavy (non-hydrogen) atoms. The second-order valence-corrected chi connectivity index (χ2v) is 4.58. The second kappa shape index (κ2) is 6.93. The van der Waals surface area contributed by atoms with Gasteiger partial charge < -0.3 is 4.84 Å². The highest BCUT2D eigenvalue weighted by atomic mass is 19.4. The number of nitrogens with zero attached hydrogens (tertiary/aromatic N) is 1. The molecular formula is C17H14F3NO. The zero-order chi connectivity index (χ0) is 16.0. The van der Waals surface area contributed by atoms with Gasteiger partial charge in [-0.15, -0.1) is 0 Å². The molecule has 0 saturated heterocycles. The summed E-state index contributed by atoms with van der Waals surface area (Å²) in [6.45, 7) is 3.91. The van der Waals surface area contributed by atoms with Crippen LogP contribution < -0.4 is 0 Å². The lowest BCUT2D eigenvalue weighted by molar-refractivity contribution is -0.137. The van der Waals surface area contributed by atoms with Crippen molar-refractivity contribution in [2.45, 2.75) is 12.8 Å². The Kier molecular flexibility index (Phi) is 4.99. The summed E-state index contributed by atoms with van der Waals surface area (Å²) in [6, 6.07) is 12.4. The third-order valence-corrected chi connectivity index (χ3v) is 2.91. The van der Waals surface area contributed by atoms with Crippen molar-refractivity contribution in [1.82, 2.24) is 0 Å². The molecule has 0 unspecified atom stereocenters. The lowest BCUT2D eigenvalue weighted by Crippen LogP contribution is -2.05. The Bertz CT molecular complexity index is 678. The Morgan fingerprint density at radius 3 is 2.50 bits per heavy atom. The number of benzene rings is 2. The molecule has 0 spiro atoms. The monoisotopic (exact) mass is 305 g/mol. The fraction of sp³-hybridized carbons (Fsp3) is 0.118. The number of hydrogen-bond donors (Lipinski definition) is 0. The molecule has 0 aliphatic carbocycles. The van der Waals surface area contributed by atoms with Crippen molar-refractivity contribution in [2.75, 3.05) is 0 Å². The molecule has 0 fully saturated rings. The second-order valence-electron chi connectivity index (χ2n) is 4.58. The number of halogens is 3. The Balaban J connectivity index is 1.96. The van der Waals surface area contributed by atoms with E-state index < -0.39 is 11.7 Å². The van der Waals surface area contributed by atoms with Crippen molar-refractivity contribution < 1.29 is 18.0 Å². The maximum Gasteiger partial charge on any atom is 0.416 e. The molecule has 0 aliphatic rings. The maximum atomic E-state index is 12.6. The number of rotatable bonds is 5. The highest BCUT2D eigenvalue weighted by molar-refractivity contribution is 5.79. The van der Waals surface area contributed by atoms with Crippen LogP contribution in [0.4, 0.5) is 13.2 Å². The van der Waals surface area contributed by atoms with Crippen molar-refractivity contribution in [3.05, 3.63) is 77.4 Å². The highest BCUT2D eigenvalue weighted by Crippen LogP contribution is 2.29. The van der Waals surface area contributed by atoms with Crippen LogP contribution in [-0.2, 0) is 17.6 Å². The Hall–Kier alpha value is -2.56. The first-order valence-corrected chi connectivity index (χ1v) is 6.53. The molecule has 0 amide bonds. The summed E-state index contributed by atoms with van der Waals surface area (Å²) in [5, 5.41) is 3.70. The predicted octanol–water partition coefficient (Wildman–Crippen LogP) is 4.90. The number of hydrogen-bond acceptors (Lipinski definition) is 2. The molecule has 0 aromatic heterocycles. The van der Waals surface area contributed by atoms with Crippen LogP contribution in [0.3, 0.4) is 0 Å². The first-order chi connectivity index (χ1) is 10.5. The summed E-state index contributed by atoms with van der Waals surface area (Å²) in [4.78, 5) is 5.10. The van der Waals surface area contributed by atoms with Crippen molar-refractivity contribution in [1.29, 1.82) is 0 Å². The van der Waals surface area contributed by atoms with Crippen LogP contribution in [0, 0.1) is 0 Å². The molecule has 0 N–H and O–H groups in total. The van der Waals surface area contributed by atoms with E-state index in [1.165, 1.54) is 18.3 Å². The topological polar surface area (TPSA) is 21.6 Å². The first-order valence-electron chi connectivity index (χ1n) is 6.53. The van der Waals surface area contributed by atoms with E-state index in [1.54, 1.807) is 6.08 Å². The zero-order valence-corrected chi connectivity index (χ0v) is 11.7. The van der Waals surface area contributed by atoms with Crippen molar-refractivity contribution in [3.8, 4) is 0 Å². The Morgan fingerprint density at radius 2 is 1.77 bits per heavy atom. The summed E-state index contributed by atoms with van der Waals surface area (Å²) >= 11 is 0. The van der Waals surface area contributed by atoms with Gasteiger partial charge in [0, 0.05) is 0 Å². The molecule has 0 saturated carbocycles. The minimum absolute atomic E-state index is 0.233. The van der Waals surface area contributed by atoms with E-state index in [0.717, 1.165) is 23.3 Å². The fourth-order valence-corrected chi connectivity index (χ4v) is 1.82. The summed E-state index contributed by atoms with van der Waals surface area (Å²) in [7, 11) is 0. The summed E-state index contributed by atoms with van der Waals surface area (Å²) in [5.74, 6) is 0. The smallest absolute Gasteiger partial charge is 0.391 e. The van der Waals surface area contributed by atoms with Crippen LogP contribution in [-0.4, -0.2) is 6.21 Å². The van der Waals surface area contributed by atoms with Crippen LogP contribution in [0.5, 0.6) is 0 Å². The average molecular weight is 305 g/mol. The number of alkyl halides is 3. The Labute approximate surface area is 126 Å². The number of oxime groups is 1. The molecule has 2 aromatic rings. The van der Waals surface area contributed by atoms with Gasteiger partial charge in [-0.05, 0) is 34.9 Å². The lowest BCUT2D eigenvalue weighted by Gasteiger charge is -2.06. The van der Waals surface area contributed by atoms with E-state index in [1.807, 2.05) is 24.3 Å². The summed E-state index contributed by atoms with van der Waals surface area (Å²) in [5.41, 5.74) is 1.48. The molecule has 5 heteroatoms. The van der Waals surface area contributed by atoms with Gasteiger partial charge in [-0.2, -0.15) is 13.2 Å². The quantitative estimate of drug-likeness (QED) is 0.569. The lowest BCUT2D eigenvalue weighted by atomic mass is 10.1. The van der Waals surface area contributed by atoms with E-state index in [2.05, 4.69) is 11.7 Å². The standard InChI is InChI=1S/C17H14F3NO/c1-2-13-5-3-7-15(9-13)12-22-21-11-14-6-4-8-16(10-14)17(18,19)20/h2-11H,1,12H2. The van der Waals surface area contributed by atoms with Crippen molar-refractivity contribution >= 4 is 12.3 Å². The minimum Gasteiger partial charge on any atom is -0.391 e. The Morgan fingerprint density at radius 1 is 1.05 bits per heavy atom. The van der Waals surface area contributed by atoms with E-state index in [4.69, 9.17) is 4.84 Å². The first kappa shape index (κ1) is 15.8.